The predicted molar refractivity (Wildman–Crippen MR) is 143 cm³/mol. The van der Waals surface area contributed by atoms with Gasteiger partial charge in [0, 0.05) is 11.1 Å². The molecule has 0 bridgehead atoms. The van der Waals surface area contributed by atoms with Crippen molar-refractivity contribution in [2.75, 3.05) is 13.2 Å². The van der Waals surface area contributed by atoms with Crippen molar-refractivity contribution in [2.45, 2.75) is 40.2 Å². The van der Waals surface area contributed by atoms with E-state index in [2.05, 4.69) is 0 Å². The van der Waals surface area contributed by atoms with Crippen LogP contribution in [0.15, 0.2) is 78.4 Å². The third-order valence-electron chi connectivity index (χ3n) is 5.79. The number of ether oxygens (including phenoxy) is 3. The highest BCUT2D eigenvalue weighted by atomic mass is 16.5. The summed E-state index contributed by atoms with van der Waals surface area (Å²) in [6.45, 7) is 6.27. The monoisotopic (exact) mass is 502 g/mol. The number of hydrogen-bond donors (Lipinski definition) is 1. The number of carbonyl (C=O) groups excluding carboxylic acids is 2. The molecule has 0 heterocycles. The molecule has 0 fully saturated rings. The van der Waals surface area contributed by atoms with E-state index in [-0.39, 0.29) is 25.4 Å². The average molecular weight is 503 g/mol. The summed E-state index contributed by atoms with van der Waals surface area (Å²) in [4.78, 5) is 25.7. The van der Waals surface area contributed by atoms with Crippen LogP contribution in [0.5, 0.6) is 11.5 Å². The zero-order valence-corrected chi connectivity index (χ0v) is 21.6. The number of phenolic OH excluding ortho intramolecular Hbond substituents is 1. The summed E-state index contributed by atoms with van der Waals surface area (Å²) in [7, 11) is 0. The second kappa shape index (κ2) is 13.9. The SMILES string of the molecule is CCOC(=O)C(=Cc1cc(C)ccc1O)CC(Cc1ccc(OCc2ccccc2)cc1)C(=O)OCC. The lowest BCUT2D eigenvalue weighted by molar-refractivity contribution is -0.148. The molecular formula is C31H34O6. The van der Waals surface area contributed by atoms with Gasteiger partial charge >= 0.3 is 11.9 Å². The van der Waals surface area contributed by atoms with Gasteiger partial charge in [0.2, 0.25) is 0 Å². The van der Waals surface area contributed by atoms with E-state index >= 15 is 0 Å². The molecule has 3 aromatic rings. The van der Waals surface area contributed by atoms with Crippen molar-refractivity contribution in [3.63, 3.8) is 0 Å². The Hall–Kier alpha value is -4.06. The fourth-order valence-corrected chi connectivity index (χ4v) is 3.91. The Morgan fingerprint density at radius 1 is 0.892 bits per heavy atom. The van der Waals surface area contributed by atoms with Crippen LogP contribution in [-0.4, -0.2) is 30.3 Å². The second-order valence-electron chi connectivity index (χ2n) is 8.73. The van der Waals surface area contributed by atoms with Gasteiger partial charge in [0.25, 0.3) is 0 Å². The molecule has 0 aromatic heterocycles. The molecule has 0 saturated heterocycles. The summed E-state index contributed by atoms with van der Waals surface area (Å²) in [6.07, 6.45) is 2.07. The van der Waals surface area contributed by atoms with E-state index in [1.165, 1.54) is 0 Å². The first-order valence-electron chi connectivity index (χ1n) is 12.5. The van der Waals surface area contributed by atoms with E-state index in [0.717, 1.165) is 22.4 Å². The molecule has 1 atom stereocenters. The topological polar surface area (TPSA) is 82.1 Å². The van der Waals surface area contributed by atoms with Gasteiger partial charge in [-0.2, -0.15) is 0 Å². The first kappa shape index (κ1) is 27.5. The second-order valence-corrected chi connectivity index (χ2v) is 8.73. The summed E-state index contributed by atoms with van der Waals surface area (Å²) < 4.78 is 16.5. The molecule has 0 aliphatic rings. The number of rotatable bonds is 12. The normalized spacial score (nSPS) is 12.0. The number of carbonyl (C=O) groups is 2. The number of benzene rings is 3. The number of aromatic hydroxyl groups is 1. The Morgan fingerprint density at radius 3 is 2.27 bits per heavy atom. The van der Waals surface area contributed by atoms with E-state index in [9.17, 15) is 14.7 Å². The summed E-state index contributed by atoms with van der Waals surface area (Å²) in [5, 5.41) is 10.3. The number of aryl methyl sites for hydroxylation is 1. The Balaban J connectivity index is 1.79. The van der Waals surface area contributed by atoms with Crippen molar-refractivity contribution in [1.29, 1.82) is 0 Å². The summed E-state index contributed by atoms with van der Waals surface area (Å²) >= 11 is 0. The van der Waals surface area contributed by atoms with Crippen molar-refractivity contribution in [3.8, 4) is 11.5 Å². The van der Waals surface area contributed by atoms with Crippen LogP contribution in [0, 0.1) is 12.8 Å². The molecule has 6 nitrogen and oxygen atoms in total. The minimum atomic E-state index is -0.612. The van der Waals surface area contributed by atoms with Crippen LogP contribution < -0.4 is 4.74 Å². The highest BCUT2D eigenvalue weighted by molar-refractivity contribution is 5.95. The van der Waals surface area contributed by atoms with Crippen LogP contribution in [0.1, 0.15) is 42.5 Å². The van der Waals surface area contributed by atoms with Gasteiger partial charge in [0.1, 0.15) is 18.1 Å². The van der Waals surface area contributed by atoms with Crippen LogP contribution in [-0.2, 0) is 32.1 Å². The van der Waals surface area contributed by atoms with Crippen molar-refractivity contribution in [1.82, 2.24) is 0 Å². The minimum absolute atomic E-state index is 0.0474. The molecule has 0 spiro atoms. The van der Waals surface area contributed by atoms with Gasteiger partial charge in [-0.05, 0) is 75.1 Å². The fourth-order valence-electron chi connectivity index (χ4n) is 3.91. The summed E-state index contributed by atoms with van der Waals surface area (Å²) in [5.41, 5.74) is 3.71. The van der Waals surface area contributed by atoms with Crippen molar-refractivity contribution < 1.29 is 28.9 Å². The number of hydrogen-bond acceptors (Lipinski definition) is 6. The molecule has 1 unspecified atom stereocenters. The van der Waals surface area contributed by atoms with E-state index in [4.69, 9.17) is 14.2 Å². The van der Waals surface area contributed by atoms with E-state index in [1.54, 1.807) is 38.1 Å². The summed E-state index contributed by atoms with van der Waals surface area (Å²) in [5.74, 6) is -0.759. The van der Waals surface area contributed by atoms with Crippen LogP contribution in [0.4, 0.5) is 0 Å². The molecule has 0 aliphatic heterocycles. The highest BCUT2D eigenvalue weighted by Crippen LogP contribution is 2.27. The van der Waals surface area contributed by atoms with E-state index < -0.39 is 17.9 Å². The Bertz CT molecular complexity index is 1200. The lowest BCUT2D eigenvalue weighted by Crippen LogP contribution is -2.23. The summed E-state index contributed by atoms with van der Waals surface area (Å²) in [6, 6.07) is 22.6. The van der Waals surface area contributed by atoms with Crippen molar-refractivity contribution in [3.05, 3.63) is 101 Å². The first-order valence-corrected chi connectivity index (χ1v) is 12.5. The molecule has 37 heavy (non-hydrogen) atoms. The first-order chi connectivity index (χ1) is 17.9. The van der Waals surface area contributed by atoms with Crippen molar-refractivity contribution >= 4 is 18.0 Å². The molecule has 0 aliphatic carbocycles. The maximum absolute atomic E-state index is 12.9. The lowest BCUT2D eigenvalue weighted by Gasteiger charge is -2.18. The molecular weight excluding hydrogens is 468 g/mol. The fraction of sp³-hybridized carbons (Fsp3) is 0.290. The maximum Gasteiger partial charge on any atom is 0.334 e. The largest absolute Gasteiger partial charge is 0.507 e. The molecule has 0 amide bonds. The van der Waals surface area contributed by atoms with Gasteiger partial charge in [-0.25, -0.2) is 4.79 Å². The lowest BCUT2D eigenvalue weighted by atomic mass is 9.91. The quantitative estimate of drug-likeness (QED) is 0.240. The van der Waals surface area contributed by atoms with Gasteiger partial charge in [0.05, 0.1) is 19.1 Å². The minimum Gasteiger partial charge on any atom is -0.507 e. The Kier molecular flexibility index (Phi) is 10.3. The Morgan fingerprint density at radius 2 is 1.59 bits per heavy atom. The molecule has 3 rings (SSSR count). The molecule has 194 valence electrons. The zero-order valence-electron chi connectivity index (χ0n) is 21.6. The van der Waals surface area contributed by atoms with Gasteiger partial charge in [0.15, 0.2) is 0 Å². The zero-order chi connectivity index (χ0) is 26.6. The van der Waals surface area contributed by atoms with Gasteiger partial charge in [-0.1, -0.05) is 54.1 Å². The van der Waals surface area contributed by atoms with Crippen LogP contribution in [0.3, 0.4) is 0 Å². The predicted octanol–water partition coefficient (Wildman–Crippen LogP) is 6.04. The van der Waals surface area contributed by atoms with E-state index in [0.29, 0.717) is 24.2 Å². The van der Waals surface area contributed by atoms with Gasteiger partial charge in [-0.3, -0.25) is 4.79 Å². The van der Waals surface area contributed by atoms with Gasteiger partial charge in [-0.15, -0.1) is 0 Å². The highest BCUT2D eigenvalue weighted by Gasteiger charge is 2.25. The standard InChI is InChI=1S/C31H34O6/c1-4-35-30(33)26(18-23-12-14-28(15-13-23)37-21-24-9-7-6-8-10-24)20-27(31(34)36-5-2)19-25-17-22(3)11-16-29(25)32/h6-17,19,26,32H,4-5,18,20-21H2,1-3H3. The Labute approximate surface area is 218 Å². The maximum atomic E-state index is 12.9. The van der Waals surface area contributed by atoms with Gasteiger partial charge < -0.3 is 19.3 Å². The van der Waals surface area contributed by atoms with Crippen LogP contribution in [0.2, 0.25) is 0 Å². The molecule has 6 heteroatoms. The van der Waals surface area contributed by atoms with Crippen LogP contribution in [0.25, 0.3) is 6.08 Å². The van der Waals surface area contributed by atoms with Crippen LogP contribution >= 0.6 is 0 Å². The molecule has 0 radical (unpaired) electrons. The molecule has 1 N–H and O–H groups in total. The third-order valence-corrected chi connectivity index (χ3v) is 5.79. The van der Waals surface area contributed by atoms with Crippen molar-refractivity contribution in [2.24, 2.45) is 5.92 Å². The smallest absolute Gasteiger partial charge is 0.334 e. The molecule has 0 saturated carbocycles. The number of phenols is 1. The molecule has 3 aromatic carbocycles. The number of esters is 2. The third kappa shape index (κ3) is 8.53. The van der Waals surface area contributed by atoms with E-state index in [1.807, 2.05) is 61.5 Å². The average Bonchev–Trinajstić information content (AvgIpc) is 2.90.